The maximum absolute atomic E-state index is 5.98. The summed E-state index contributed by atoms with van der Waals surface area (Å²) in [6.45, 7) is 5.65. The molecule has 2 atom stereocenters. The number of likely N-dealkylation sites (tertiary alicyclic amines) is 1. The summed E-state index contributed by atoms with van der Waals surface area (Å²) in [5, 5.41) is 4.40. The molecule has 0 amide bonds. The van der Waals surface area contributed by atoms with E-state index in [1.165, 1.54) is 31.5 Å². The zero-order valence-electron chi connectivity index (χ0n) is 9.36. The SMILES string of the molecule is C[C@H](N)[C@@H]1CCCN(Cc2ccsc2)C1. The Balaban J connectivity index is 1.88. The van der Waals surface area contributed by atoms with Crippen molar-refractivity contribution in [3.05, 3.63) is 22.4 Å². The van der Waals surface area contributed by atoms with Gasteiger partial charge in [-0.15, -0.1) is 0 Å². The molecule has 0 bridgehead atoms. The smallest absolute Gasteiger partial charge is 0.0242 e. The molecule has 1 aromatic rings. The first kappa shape index (κ1) is 11.1. The van der Waals surface area contributed by atoms with Gasteiger partial charge in [-0.3, -0.25) is 4.90 Å². The number of nitrogens with zero attached hydrogens (tertiary/aromatic N) is 1. The lowest BCUT2D eigenvalue weighted by molar-refractivity contribution is 0.154. The Morgan fingerprint density at radius 1 is 1.67 bits per heavy atom. The fraction of sp³-hybridized carbons (Fsp3) is 0.667. The summed E-state index contributed by atoms with van der Waals surface area (Å²) in [5.74, 6) is 0.692. The van der Waals surface area contributed by atoms with Gasteiger partial charge in [0.2, 0.25) is 0 Å². The van der Waals surface area contributed by atoms with Crippen molar-refractivity contribution in [1.29, 1.82) is 0 Å². The van der Waals surface area contributed by atoms with Crippen LogP contribution in [-0.2, 0) is 6.54 Å². The third-order valence-electron chi connectivity index (χ3n) is 3.27. The van der Waals surface area contributed by atoms with Gasteiger partial charge < -0.3 is 5.73 Å². The third kappa shape index (κ3) is 3.03. The van der Waals surface area contributed by atoms with Gasteiger partial charge in [0.25, 0.3) is 0 Å². The van der Waals surface area contributed by atoms with Crippen LogP contribution in [-0.4, -0.2) is 24.0 Å². The highest BCUT2D eigenvalue weighted by Crippen LogP contribution is 2.21. The number of hydrogen-bond donors (Lipinski definition) is 1. The Kier molecular flexibility index (Phi) is 3.78. The zero-order valence-corrected chi connectivity index (χ0v) is 10.2. The summed E-state index contributed by atoms with van der Waals surface area (Å²) in [7, 11) is 0. The summed E-state index contributed by atoms with van der Waals surface area (Å²) < 4.78 is 0. The van der Waals surface area contributed by atoms with Crippen LogP contribution in [0.1, 0.15) is 25.3 Å². The van der Waals surface area contributed by atoms with E-state index in [9.17, 15) is 0 Å². The fourth-order valence-electron chi connectivity index (χ4n) is 2.30. The van der Waals surface area contributed by atoms with Crippen molar-refractivity contribution in [1.82, 2.24) is 4.90 Å². The van der Waals surface area contributed by atoms with E-state index in [-0.39, 0.29) is 0 Å². The predicted octanol–water partition coefficient (Wildman–Crippen LogP) is 2.31. The average molecular weight is 224 g/mol. The fourth-order valence-corrected chi connectivity index (χ4v) is 2.96. The molecule has 0 aliphatic carbocycles. The van der Waals surface area contributed by atoms with Crippen LogP contribution >= 0.6 is 11.3 Å². The summed E-state index contributed by atoms with van der Waals surface area (Å²) in [4.78, 5) is 2.54. The minimum Gasteiger partial charge on any atom is -0.328 e. The van der Waals surface area contributed by atoms with Crippen molar-refractivity contribution in [3.63, 3.8) is 0 Å². The lowest BCUT2D eigenvalue weighted by Gasteiger charge is -2.34. The summed E-state index contributed by atoms with van der Waals surface area (Å²) >= 11 is 1.78. The maximum atomic E-state index is 5.98. The summed E-state index contributed by atoms with van der Waals surface area (Å²) in [6, 6.07) is 2.57. The highest BCUT2D eigenvalue weighted by Gasteiger charge is 2.22. The monoisotopic (exact) mass is 224 g/mol. The molecule has 2 N–H and O–H groups in total. The van der Waals surface area contributed by atoms with E-state index in [0.717, 1.165) is 6.54 Å². The molecule has 0 radical (unpaired) electrons. The van der Waals surface area contributed by atoms with E-state index in [1.54, 1.807) is 11.3 Å². The second kappa shape index (κ2) is 5.10. The first-order valence-electron chi connectivity index (χ1n) is 5.74. The van der Waals surface area contributed by atoms with Crippen molar-refractivity contribution in [2.45, 2.75) is 32.4 Å². The third-order valence-corrected chi connectivity index (χ3v) is 4.00. The minimum atomic E-state index is 0.343. The first-order valence-corrected chi connectivity index (χ1v) is 6.69. The molecular formula is C12H20N2S. The summed E-state index contributed by atoms with van der Waals surface area (Å²) in [5.41, 5.74) is 7.43. The first-order chi connectivity index (χ1) is 7.25. The molecule has 1 aliphatic heterocycles. The van der Waals surface area contributed by atoms with Crippen LogP contribution in [0.25, 0.3) is 0 Å². The van der Waals surface area contributed by atoms with Crippen LogP contribution in [0.4, 0.5) is 0 Å². The van der Waals surface area contributed by atoms with E-state index in [0.29, 0.717) is 12.0 Å². The van der Waals surface area contributed by atoms with Gasteiger partial charge >= 0.3 is 0 Å². The van der Waals surface area contributed by atoms with Gasteiger partial charge in [-0.25, -0.2) is 0 Å². The largest absolute Gasteiger partial charge is 0.328 e. The minimum absolute atomic E-state index is 0.343. The van der Waals surface area contributed by atoms with Gasteiger partial charge in [0.05, 0.1) is 0 Å². The summed E-state index contributed by atoms with van der Waals surface area (Å²) in [6.07, 6.45) is 2.61. The number of thiophene rings is 1. The molecule has 1 saturated heterocycles. The Morgan fingerprint density at radius 2 is 2.53 bits per heavy atom. The van der Waals surface area contributed by atoms with Crippen LogP contribution in [0.3, 0.4) is 0 Å². The van der Waals surface area contributed by atoms with Crippen molar-refractivity contribution in [2.24, 2.45) is 11.7 Å². The molecule has 1 fully saturated rings. The Hall–Kier alpha value is -0.380. The molecule has 2 nitrogen and oxygen atoms in total. The normalized spacial score (nSPS) is 25.3. The van der Waals surface area contributed by atoms with Gasteiger partial charge in [-0.1, -0.05) is 0 Å². The molecule has 0 saturated carbocycles. The van der Waals surface area contributed by atoms with E-state index in [1.807, 2.05) is 0 Å². The molecule has 2 heterocycles. The predicted molar refractivity (Wildman–Crippen MR) is 66.0 cm³/mol. The molecular weight excluding hydrogens is 204 g/mol. The van der Waals surface area contributed by atoms with Crippen LogP contribution in [0.15, 0.2) is 16.8 Å². The second-order valence-corrected chi connectivity index (χ2v) is 5.41. The quantitative estimate of drug-likeness (QED) is 0.853. The number of piperidine rings is 1. The molecule has 1 aromatic heterocycles. The van der Waals surface area contributed by atoms with Gasteiger partial charge in [0, 0.05) is 19.1 Å². The zero-order chi connectivity index (χ0) is 10.7. The van der Waals surface area contributed by atoms with Gasteiger partial charge in [0.1, 0.15) is 0 Å². The topological polar surface area (TPSA) is 29.3 Å². The number of rotatable bonds is 3. The van der Waals surface area contributed by atoms with Crippen molar-refractivity contribution in [3.8, 4) is 0 Å². The average Bonchev–Trinajstić information content (AvgIpc) is 2.71. The van der Waals surface area contributed by atoms with Gasteiger partial charge in [0.15, 0.2) is 0 Å². The van der Waals surface area contributed by atoms with Crippen LogP contribution in [0.2, 0.25) is 0 Å². The molecule has 0 unspecified atom stereocenters. The van der Waals surface area contributed by atoms with Crippen LogP contribution in [0.5, 0.6) is 0 Å². The van der Waals surface area contributed by atoms with Crippen molar-refractivity contribution < 1.29 is 0 Å². The van der Waals surface area contributed by atoms with E-state index < -0.39 is 0 Å². The molecule has 84 valence electrons. The lowest BCUT2D eigenvalue weighted by Crippen LogP contribution is -2.41. The highest BCUT2D eigenvalue weighted by molar-refractivity contribution is 7.07. The molecule has 2 rings (SSSR count). The standard InChI is InChI=1S/C12H20N2S/c1-10(13)12-3-2-5-14(8-12)7-11-4-6-15-9-11/h4,6,9-10,12H,2-3,5,7-8,13H2,1H3/t10-,12+/m0/s1. The number of nitrogens with two attached hydrogens (primary N) is 1. The molecule has 15 heavy (non-hydrogen) atoms. The van der Waals surface area contributed by atoms with Gasteiger partial charge in [-0.05, 0) is 54.6 Å². The lowest BCUT2D eigenvalue weighted by atomic mass is 9.92. The van der Waals surface area contributed by atoms with Crippen LogP contribution in [0, 0.1) is 5.92 Å². The second-order valence-electron chi connectivity index (χ2n) is 4.63. The molecule has 0 aromatic carbocycles. The Bertz CT molecular complexity index is 282. The Labute approximate surface area is 96.1 Å². The van der Waals surface area contributed by atoms with Crippen molar-refractivity contribution >= 4 is 11.3 Å². The highest BCUT2D eigenvalue weighted by atomic mass is 32.1. The molecule has 3 heteroatoms. The van der Waals surface area contributed by atoms with Crippen molar-refractivity contribution in [2.75, 3.05) is 13.1 Å². The van der Waals surface area contributed by atoms with E-state index in [2.05, 4.69) is 28.7 Å². The maximum Gasteiger partial charge on any atom is 0.0242 e. The molecule has 1 aliphatic rings. The molecule has 0 spiro atoms. The number of hydrogen-bond acceptors (Lipinski definition) is 3. The van der Waals surface area contributed by atoms with E-state index >= 15 is 0 Å². The van der Waals surface area contributed by atoms with E-state index in [4.69, 9.17) is 5.73 Å². The Morgan fingerprint density at radius 3 is 3.20 bits per heavy atom. The van der Waals surface area contributed by atoms with Gasteiger partial charge in [-0.2, -0.15) is 11.3 Å². The van der Waals surface area contributed by atoms with Crippen LogP contribution < -0.4 is 5.73 Å².